The minimum absolute atomic E-state index is 0.202. The Hall–Kier alpha value is -0.980. The van der Waals surface area contributed by atoms with Crippen molar-refractivity contribution in [3.8, 4) is 0 Å². The van der Waals surface area contributed by atoms with Gasteiger partial charge in [-0.05, 0) is 25.0 Å². The van der Waals surface area contributed by atoms with E-state index in [0.29, 0.717) is 17.7 Å². The molecule has 0 radical (unpaired) electrons. The van der Waals surface area contributed by atoms with E-state index in [4.69, 9.17) is 18.0 Å². The van der Waals surface area contributed by atoms with Gasteiger partial charge in [-0.25, -0.2) is 12.7 Å². The molecule has 0 bridgehead atoms. The van der Waals surface area contributed by atoms with Crippen molar-refractivity contribution in [1.82, 2.24) is 4.31 Å². The third-order valence-electron chi connectivity index (χ3n) is 2.99. The molecule has 1 rings (SSSR count). The first-order chi connectivity index (χ1) is 8.80. The highest BCUT2D eigenvalue weighted by Crippen LogP contribution is 2.21. The summed E-state index contributed by atoms with van der Waals surface area (Å²) in [5.41, 5.74) is 6.83. The topological polar surface area (TPSA) is 63.4 Å². The predicted molar refractivity (Wildman–Crippen MR) is 81.8 cm³/mol. The van der Waals surface area contributed by atoms with Gasteiger partial charge in [-0.15, -0.1) is 0 Å². The Kier molecular flexibility index (Phi) is 5.46. The Labute approximate surface area is 120 Å². The van der Waals surface area contributed by atoms with E-state index in [9.17, 15) is 8.42 Å². The number of thiocarbonyl (C=S) groups is 1. The maximum absolute atomic E-state index is 12.5. The monoisotopic (exact) mass is 300 g/mol. The van der Waals surface area contributed by atoms with Crippen molar-refractivity contribution < 1.29 is 8.42 Å². The summed E-state index contributed by atoms with van der Waals surface area (Å²) in [5, 5.41) is 0. The SMILES string of the molecule is CCCCN(C)S(=O)(=O)c1cc(C(N)=S)ccc1C. The Morgan fingerprint density at radius 2 is 2.05 bits per heavy atom. The molecule has 0 aliphatic rings. The largest absolute Gasteiger partial charge is 0.389 e. The van der Waals surface area contributed by atoms with E-state index in [2.05, 4.69) is 0 Å². The Morgan fingerprint density at radius 1 is 1.42 bits per heavy atom. The van der Waals surface area contributed by atoms with Crippen LogP contribution in [0.4, 0.5) is 0 Å². The van der Waals surface area contributed by atoms with Gasteiger partial charge in [0.05, 0.1) is 4.90 Å². The molecule has 2 N–H and O–H groups in total. The molecule has 0 atom stereocenters. The minimum atomic E-state index is -3.48. The molecule has 0 unspecified atom stereocenters. The number of rotatable bonds is 6. The van der Waals surface area contributed by atoms with Crippen molar-refractivity contribution in [1.29, 1.82) is 0 Å². The molecule has 0 aliphatic heterocycles. The number of hydrogen-bond acceptors (Lipinski definition) is 3. The van der Waals surface area contributed by atoms with Gasteiger partial charge in [0.1, 0.15) is 4.99 Å². The van der Waals surface area contributed by atoms with E-state index in [1.54, 1.807) is 32.2 Å². The molecule has 1 aromatic rings. The molecule has 1 aromatic carbocycles. The fourth-order valence-electron chi connectivity index (χ4n) is 1.70. The molecular formula is C13H20N2O2S2. The van der Waals surface area contributed by atoms with Crippen molar-refractivity contribution in [3.63, 3.8) is 0 Å². The number of hydrogen-bond donors (Lipinski definition) is 1. The Morgan fingerprint density at radius 3 is 2.58 bits per heavy atom. The van der Waals surface area contributed by atoms with Crippen molar-refractivity contribution in [3.05, 3.63) is 29.3 Å². The molecule has 106 valence electrons. The van der Waals surface area contributed by atoms with Gasteiger partial charge in [0, 0.05) is 19.2 Å². The maximum Gasteiger partial charge on any atom is 0.243 e. The molecule has 6 heteroatoms. The summed E-state index contributed by atoms with van der Waals surface area (Å²) in [7, 11) is -1.88. The van der Waals surface area contributed by atoms with Crippen molar-refractivity contribution in [2.45, 2.75) is 31.6 Å². The van der Waals surface area contributed by atoms with Crippen LogP contribution in [0.5, 0.6) is 0 Å². The van der Waals surface area contributed by atoms with Gasteiger partial charge in [-0.1, -0.05) is 37.7 Å². The van der Waals surface area contributed by atoms with Gasteiger partial charge >= 0.3 is 0 Å². The van der Waals surface area contributed by atoms with E-state index in [1.165, 1.54) is 4.31 Å². The van der Waals surface area contributed by atoms with Gasteiger partial charge in [0.15, 0.2) is 0 Å². The van der Waals surface area contributed by atoms with Crippen LogP contribution in [0.25, 0.3) is 0 Å². The zero-order chi connectivity index (χ0) is 14.6. The highest BCUT2D eigenvalue weighted by Gasteiger charge is 2.22. The van der Waals surface area contributed by atoms with Crippen LogP contribution in [0.3, 0.4) is 0 Å². The number of benzene rings is 1. The lowest BCUT2D eigenvalue weighted by atomic mass is 10.1. The summed E-state index contributed by atoms with van der Waals surface area (Å²) >= 11 is 4.89. The number of nitrogens with zero attached hydrogens (tertiary/aromatic N) is 1. The molecule has 19 heavy (non-hydrogen) atoms. The summed E-state index contributed by atoms with van der Waals surface area (Å²) in [5.74, 6) is 0. The second-order valence-corrected chi connectivity index (χ2v) is 6.98. The maximum atomic E-state index is 12.5. The fourth-order valence-corrected chi connectivity index (χ4v) is 3.28. The van der Waals surface area contributed by atoms with Crippen LogP contribution in [-0.4, -0.2) is 31.3 Å². The molecule has 0 heterocycles. The fraction of sp³-hybridized carbons (Fsp3) is 0.462. The first kappa shape index (κ1) is 16.1. The second kappa shape index (κ2) is 6.45. The molecule has 0 aromatic heterocycles. The normalized spacial score (nSPS) is 11.8. The molecular weight excluding hydrogens is 280 g/mol. The first-order valence-electron chi connectivity index (χ1n) is 6.17. The van der Waals surface area contributed by atoms with Crippen molar-refractivity contribution in [2.75, 3.05) is 13.6 Å². The molecule has 0 saturated heterocycles. The van der Waals surface area contributed by atoms with Crippen LogP contribution >= 0.6 is 12.2 Å². The Bertz CT molecular complexity index is 568. The van der Waals surface area contributed by atoms with Gasteiger partial charge in [0.2, 0.25) is 10.0 Å². The molecule has 0 aliphatic carbocycles. The van der Waals surface area contributed by atoms with E-state index >= 15 is 0 Å². The van der Waals surface area contributed by atoms with Crippen molar-refractivity contribution >= 4 is 27.2 Å². The molecule has 0 amide bonds. The van der Waals surface area contributed by atoms with E-state index in [1.807, 2.05) is 6.92 Å². The van der Waals surface area contributed by atoms with Gasteiger partial charge in [0.25, 0.3) is 0 Å². The minimum Gasteiger partial charge on any atom is -0.389 e. The third kappa shape index (κ3) is 3.75. The zero-order valence-electron chi connectivity index (χ0n) is 11.5. The van der Waals surface area contributed by atoms with E-state index < -0.39 is 10.0 Å². The average Bonchev–Trinajstić information content (AvgIpc) is 2.35. The lowest BCUT2D eigenvalue weighted by Gasteiger charge is -2.18. The van der Waals surface area contributed by atoms with E-state index in [0.717, 1.165) is 12.8 Å². The van der Waals surface area contributed by atoms with Crippen molar-refractivity contribution in [2.24, 2.45) is 5.73 Å². The Balaban J connectivity index is 3.20. The summed E-state index contributed by atoms with van der Waals surface area (Å²) in [6, 6.07) is 5.02. The van der Waals surface area contributed by atoms with Crippen LogP contribution < -0.4 is 5.73 Å². The number of sulfonamides is 1. The quantitative estimate of drug-likeness (QED) is 0.817. The van der Waals surface area contributed by atoms with Crippen LogP contribution in [-0.2, 0) is 10.0 Å². The van der Waals surface area contributed by atoms with E-state index in [-0.39, 0.29) is 9.88 Å². The second-order valence-electron chi connectivity index (χ2n) is 4.52. The van der Waals surface area contributed by atoms with Crippen LogP contribution in [0, 0.1) is 6.92 Å². The molecule has 4 nitrogen and oxygen atoms in total. The van der Waals surface area contributed by atoms with Gasteiger partial charge in [-0.3, -0.25) is 0 Å². The highest BCUT2D eigenvalue weighted by molar-refractivity contribution is 7.89. The highest BCUT2D eigenvalue weighted by atomic mass is 32.2. The first-order valence-corrected chi connectivity index (χ1v) is 8.02. The number of aryl methyl sites for hydroxylation is 1. The van der Waals surface area contributed by atoms with Crippen LogP contribution in [0.2, 0.25) is 0 Å². The lowest BCUT2D eigenvalue weighted by molar-refractivity contribution is 0.459. The summed E-state index contributed by atoms with van der Waals surface area (Å²) in [6.45, 7) is 4.30. The zero-order valence-corrected chi connectivity index (χ0v) is 13.1. The molecule has 0 fully saturated rings. The number of unbranched alkanes of at least 4 members (excludes halogenated alkanes) is 1. The molecule has 0 spiro atoms. The summed E-state index contributed by atoms with van der Waals surface area (Å²) in [4.78, 5) is 0.476. The third-order valence-corrected chi connectivity index (χ3v) is 5.22. The molecule has 0 saturated carbocycles. The van der Waals surface area contributed by atoms with Gasteiger partial charge in [-0.2, -0.15) is 0 Å². The van der Waals surface area contributed by atoms with Crippen LogP contribution in [0.1, 0.15) is 30.9 Å². The van der Waals surface area contributed by atoms with Crippen LogP contribution in [0.15, 0.2) is 23.1 Å². The smallest absolute Gasteiger partial charge is 0.243 e. The lowest BCUT2D eigenvalue weighted by Crippen LogP contribution is -2.28. The predicted octanol–water partition coefficient (Wildman–Crippen LogP) is 2.05. The van der Waals surface area contributed by atoms with Gasteiger partial charge < -0.3 is 5.73 Å². The standard InChI is InChI=1S/C13H20N2O2S2/c1-4-5-8-15(3)19(16,17)12-9-11(13(14)18)7-6-10(12)2/h6-7,9H,4-5,8H2,1-3H3,(H2,14,18). The number of nitrogens with two attached hydrogens (primary N) is 1. The summed E-state index contributed by atoms with van der Waals surface area (Å²) < 4.78 is 26.3. The average molecular weight is 300 g/mol. The summed E-state index contributed by atoms with van der Waals surface area (Å²) in [6.07, 6.45) is 1.79.